The second-order valence-electron chi connectivity index (χ2n) is 17.3. The summed E-state index contributed by atoms with van der Waals surface area (Å²) in [6.45, 7) is 0. The van der Waals surface area contributed by atoms with Crippen LogP contribution in [0.2, 0.25) is 0 Å². The van der Waals surface area contributed by atoms with E-state index in [9.17, 15) is 0 Å². The fourth-order valence-corrected chi connectivity index (χ4v) is 10.1. The SMILES string of the molecule is c1cc(-c2ccc3ccc4ccc(-c5cccc6ccccc56)cc4c3n2)cc(-c2ccccc2-c2cccc(-c3ccc4ccc5ccc(-c6cccc7ccccc67)cc5c4n3)c2)c1. The van der Waals surface area contributed by atoms with Crippen LogP contribution in [0.4, 0.5) is 0 Å². The van der Waals surface area contributed by atoms with E-state index >= 15 is 0 Å². The van der Waals surface area contributed by atoms with E-state index in [1.807, 2.05) is 0 Å². The Kier molecular flexibility index (Phi) is 8.89. The lowest BCUT2D eigenvalue weighted by molar-refractivity contribution is 1.41. The molecule has 0 aliphatic rings. The Morgan fingerprint density at radius 3 is 1.03 bits per heavy atom. The highest BCUT2D eigenvalue weighted by atomic mass is 14.7. The molecule has 2 heterocycles. The smallest absolute Gasteiger partial charge is 0.0788 e. The van der Waals surface area contributed by atoms with Crippen LogP contribution in [0.25, 0.3) is 132 Å². The summed E-state index contributed by atoms with van der Waals surface area (Å²) in [7, 11) is 0. The van der Waals surface area contributed by atoms with Crippen LogP contribution in [0, 0.1) is 0 Å². The third-order valence-electron chi connectivity index (χ3n) is 13.4. The molecule has 0 N–H and O–H groups in total. The zero-order chi connectivity index (χ0) is 43.6. The van der Waals surface area contributed by atoms with Crippen LogP contribution in [0.3, 0.4) is 0 Å². The summed E-state index contributed by atoms with van der Waals surface area (Å²) in [6, 6.07) is 87.8. The second kappa shape index (κ2) is 15.5. The summed E-state index contributed by atoms with van der Waals surface area (Å²) in [4.78, 5) is 10.8. The number of nitrogens with zero attached hydrogens (tertiary/aromatic N) is 2. The van der Waals surface area contributed by atoms with Gasteiger partial charge in [0.05, 0.1) is 22.4 Å². The van der Waals surface area contributed by atoms with Gasteiger partial charge in [-0.1, -0.05) is 206 Å². The van der Waals surface area contributed by atoms with E-state index in [0.29, 0.717) is 0 Å². The zero-order valence-corrected chi connectivity index (χ0v) is 36.0. The summed E-state index contributed by atoms with van der Waals surface area (Å²) >= 11 is 0. The fourth-order valence-electron chi connectivity index (χ4n) is 10.1. The van der Waals surface area contributed by atoms with Crippen molar-refractivity contribution in [3.63, 3.8) is 0 Å². The third kappa shape index (κ3) is 6.50. The van der Waals surface area contributed by atoms with Gasteiger partial charge in [-0.25, -0.2) is 9.97 Å². The van der Waals surface area contributed by atoms with Gasteiger partial charge in [-0.2, -0.15) is 0 Å². The molecule has 0 aliphatic carbocycles. The molecule has 13 rings (SSSR count). The van der Waals surface area contributed by atoms with Crippen molar-refractivity contribution in [1.82, 2.24) is 9.97 Å². The van der Waals surface area contributed by atoms with E-state index in [2.05, 4.69) is 243 Å². The highest BCUT2D eigenvalue weighted by Crippen LogP contribution is 2.39. The van der Waals surface area contributed by atoms with Crippen LogP contribution in [0.5, 0.6) is 0 Å². The first kappa shape index (κ1) is 37.8. The number of benzene rings is 11. The van der Waals surface area contributed by atoms with Crippen molar-refractivity contribution in [2.75, 3.05) is 0 Å². The van der Waals surface area contributed by atoms with Gasteiger partial charge < -0.3 is 0 Å². The molecule has 0 unspecified atom stereocenters. The van der Waals surface area contributed by atoms with Crippen LogP contribution in [-0.2, 0) is 0 Å². The maximum Gasteiger partial charge on any atom is 0.0788 e. The minimum Gasteiger partial charge on any atom is -0.247 e. The van der Waals surface area contributed by atoms with Crippen LogP contribution >= 0.6 is 0 Å². The number of hydrogen-bond donors (Lipinski definition) is 0. The summed E-state index contributed by atoms with van der Waals surface area (Å²) < 4.78 is 0. The quantitative estimate of drug-likeness (QED) is 0.156. The molecule has 2 heteroatoms. The van der Waals surface area contributed by atoms with E-state index in [0.717, 1.165) is 66.2 Å². The van der Waals surface area contributed by atoms with Gasteiger partial charge in [-0.05, 0) is 113 Å². The standard InChI is InChI=1S/C64H40N2/c1-3-19-53-41(11-1)13-9-23-57(53)49-31-27-43-25-29-45-33-35-61(65-63(45)59(43)39-49)51-17-7-15-47(37-51)55-21-5-6-22-56(55)48-16-8-18-52(38-48)62-36-34-46-30-26-44-28-32-50(40-60(44)64(46)66-62)58-24-10-14-42-12-2-4-20-54(42)58/h1-40H. The van der Waals surface area contributed by atoms with Crippen molar-refractivity contribution in [3.8, 4) is 67.0 Å². The van der Waals surface area contributed by atoms with E-state index < -0.39 is 0 Å². The summed E-state index contributed by atoms with van der Waals surface area (Å²) in [5.74, 6) is 0. The van der Waals surface area contributed by atoms with Crippen molar-refractivity contribution < 1.29 is 0 Å². The third-order valence-corrected chi connectivity index (χ3v) is 13.4. The number of hydrogen-bond acceptors (Lipinski definition) is 2. The molecule has 0 saturated carbocycles. The van der Waals surface area contributed by atoms with Crippen LogP contribution in [0.15, 0.2) is 243 Å². The minimum atomic E-state index is 0.950. The fraction of sp³-hybridized carbons (Fsp3) is 0. The zero-order valence-electron chi connectivity index (χ0n) is 36.0. The van der Waals surface area contributed by atoms with Crippen molar-refractivity contribution in [2.45, 2.75) is 0 Å². The van der Waals surface area contributed by atoms with Gasteiger partial charge in [-0.15, -0.1) is 0 Å². The topological polar surface area (TPSA) is 25.8 Å². The molecule has 0 bridgehead atoms. The molecular formula is C64H40N2. The molecule has 13 aromatic rings. The van der Waals surface area contributed by atoms with Gasteiger partial charge in [0.25, 0.3) is 0 Å². The monoisotopic (exact) mass is 836 g/mol. The molecule has 0 aliphatic heterocycles. The van der Waals surface area contributed by atoms with Crippen LogP contribution in [-0.4, -0.2) is 9.97 Å². The Hall–Kier alpha value is -8.72. The van der Waals surface area contributed by atoms with Gasteiger partial charge in [0.15, 0.2) is 0 Å². The molecule has 0 radical (unpaired) electrons. The van der Waals surface area contributed by atoms with Gasteiger partial charge in [0.2, 0.25) is 0 Å². The largest absolute Gasteiger partial charge is 0.247 e. The van der Waals surface area contributed by atoms with Gasteiger partial charge in [-0.3, -0.25) is 0 Å². The van der Waals surface area contributed by atoms with Crippen LogP contribution in [0.1, 0.15) is 0 Å². The predicted octanol–water partition coefficient (Wildman–Crippen LogP) is 17.4. The molecule has 2 aromatic heterocycles. The molecule has 0 saturated heterocycles. The minimum absolute atomic E-state index is 0.950. The molecule has 2 nitrogen and oxygen atoms in total. The van der Waals surface area contributed by atoms with Gasteiger partial charge >= 0.3 is 0 Å². The molecule has 0 amide bonds. The number of aromatic nitrogens is 2. The average Bonchev–Trinajstić information content (AvgIpc) is 3.40. The van der Waals surface area contributed by atoms with Gasteiger partial charge in [0, 0.05) is 32.7 Å². The lowest BCUT2D eigenvalue weighted by Crippen LogP contribution is -1.91. The van der Waals surface area contributed by atoms with E-state index in [-0.39, 0.29) is 0 Å². The molecular weight excluding hydrogens is 797 g/mol. The Balaban J connectivity index is 0.864. The number of rotatable bonds is 6. The van der Waals surface area contributed by atoms with E-state index in [1.54, 1.807) is 0 Å². The highest BCUT2D eigenvalue weighted by Gasteiger charge is 2.14. The maximum atomic E-state index is 5.40. The number of fused-ring (bicyclic) bond motifs is 8. The predicted molar refractivity (Wildman–Crippen MR) is 280 cm³/mol. The Labute approximate surface area is 382 Å². The Morgan fingerprint density at radius 1 is 0.197 bits per heavy atom. The maximum absolute atomic E-state index is 5.40. The molecule has 0 atom stereocenters. The van der Waals surface area contributed by atoms with Crippen molar-refractivity contribution in [2.24, 2.45) is 0 Å². The average molecular weight is 837 g/mol. The summed E-state index contributed by atoms with van der Waals surface area (Å²) in [6.07, 6.45) is 0. The second-order valence-corrected chi connectivity index (χ2v) is 17.3. The number of pyridine rings is 2. The van der Waals surface area contributed by atoms with Crippen LogP contribution < -0.4 is 0 Å². The Morgan fingerprint density at radius 2 is 0.530 bits per heavy atom. The summed E-state index contributed by atoms with van der Waals surface area (Å²) in [5.41, 5.74) is 15.5. The molecule has 11 aromatic carbocycles. The Bertz CT molecular complexity index is 3790. The lowest BCUT2D eigenvalue weighted by atomic mass is 9.92. The van der Waals surface area contributed by atoms with Crippen molar-refractivity contribution >= 4 is 64.9 Å². The molecule has 0 spiro atoms. The first-order valence-electron chi connectivity index (χ1n) is 22.6. The normalized spacial score (nSPS) is 11.6. The van der Waals surface area contributed by atoms with Crippen molar-refractivity contribution in [3.05, 3.63) is 243 Å². The highest BCUT2D eigenvalue weighted by molar-refractivity contribution is 6.10. The van der Waals surface area contributed by atoms with Crippen molar-refractivity contribution in [1.29, 1.82) is 0 Å². The molecule has 306 valence electrons. The summed E-state index contributed by atoms with van der Waals surface area (Å²) in [5, 5.41) is 11.9. The van der Waals surface area contributed by atoms with E-state index in [1.165, 1.54) is 65.7 Å². The first-order chi connectivity index (χ1) is 32.7. The first-order valence-corrected chi connectivity index (χ1v) is 22.6. The molecule has 66 heavy (non-hydrogen) atoms. The van der Waals surface area contributed by atoms with E-state index in [4.69, 9.17) is 9.97 Å². The lowest BCUT2D eigenvalue weighted by Gasteiger charge is -2.14. The van der Waals surface area contributed by atoms with Gasteiger partial charge in [0.1, 0.15) is 0 Å². The molecule has 0 fully saturated rings.